The molecule has 0 saturated carbocycles. The Kier molecular flexibility index (Phi) is 4.80. The Labute approximate surface area is 136 Å². The summed E-state index contributed by atoms with van der Waals surface area (Å²) in [7, 11) is 3.35. The van der Waals surface area contributed by atoms with Crippen molar-refractivity contribution in [3.63, 3.8) is 0 Å². The maximum atomic E-state index is 5.37. The molecule has 0 amide bonds. The summed E-state index contributed by atoms with van der Waals surface area (Å²) in [5.74, 6) is 2.57. The van der Waals surface area contributed by atoms with E-state index in [-0.39, 0.29) is 0 Å². The number of hydrogen-bond acceptors (Lipinski definition) is 6. The highest BCUT2D eigenvalue weighted by atomic mass is 16.5. The van der Waals surface area contributed by atoms with Gasteiger partial charge in [-0.05, 0) is 18.6 Å². The smallest absolute Gasteiger partial charge is 0.151 e. The van der Waals surface area contributed by atoms with E-state index in [0.717, 1.165) is 55.6 Å². The summed E-state index contributed by atoms with van der Waals surface area (Å²) in [6, 6.07) is 9.95. The summed E-state index contributed by atoms with van der Waals surface area (Å²) in [4.78, 5) is 4.64. The zero-order valence-corrected chi connectivity index (χ0v) is 13.6. The molecule has 23 heavy (non-hydrogen) atoms. The third kappa shape index (κ3) is 3.64. The topological polar surface area (TPSA) is 50.7 Å². The molecule has 2 heterocycles. The summed E-state index contributed by atoms with van der Waals surface area (Å²) < 4.78 is 10.7. The largest absolute Gasteiger partial charge is 0.497 e. The van der Waals surface area contributed by atoms with Crippen LogP contribution in [0.5, 0.6) is 11.5 Å². The van der Waals surface area contributed by atoms with E-state index in [4.69, 9.17) is 9.47 Å². The summed E-state index contributed by atoms with van der Waals surface area (Å²) >= 11 is 0. The zero-order valence-electron chi connectivity index (χ0n) is 13.6. The molecule has 1 fully saturated rings. The van der Waals surface area contributed by atoms with Crippen LogP contribution in [-0.4, -0.2) is 50.6 Å². The van der Waals surface area contributed by atoms with Crippen molar-refractivity contribution in [1.82, 2.24) is 10.2 Å². The second-order valence-corrected chi connectivity index (χ2v) is 5.48. The van der Waals surface area contributed by atoms with Crippen molar-refractivity contribution >= 4 is 11.5 Å². The molecule has 1 aromatic carbocycles. The van der Waals surface area contributed by atoms with Gasteiger partial charge in [-0.15, -0.1) is 5.10 Å². The number of methoxy groups -OCH3 is 2. The van der Waals surface area contributed by atoms with Gasteiger partial charge >= 0.3 is 0 Å². The molecule has 0 radical (unpaired) electrons. The van der Waals surface area contributed by atoms with Crippen LogP contribution in [0, 0.1) is 0 Å². The maximum Gasteiger partial charge on any atom is 0.151 e. The molecular formula is C17H22N4O2. The molecule has 6 heteroatoms. The van der Waals surface area contributed by atoms with Gasteiger partial charge in [-0.3, -0.25) is 0 Å². The van der Waals surface area contributed by atoms with Crippen LogP contribution in [0.15, 0.2) is 36.5 Å². The lowest BCUT2D eigenvalue weighted by Crippen LogP contribution is -2.31. The van der Waals surface area contributed by atoms with Gasteiger partial charge in [0.2, 0.25) is 0 Å². The first-order valence-electron chi connectivity index (χ1n) is 7.81. The highest BCUT2D eigenvalue weighted by Gasteiger charge is 2.17. The lowest BCUT2D eigenvalue weighted by molar-refractivity contribution is 0.394. The van der Waals surface area contributed by atoms with Crippen molar-refractivity contribution < 1.29 is 9.47 Å². The van der Waals surface area contributed by atoms with E-state index >= 15 is 0 Å². The van der Waals surface area contributed by atoms with Crippen LogP contribution in [-0.2, 0) is 0 Å². The quantitative estimate of drug-likeness (QED) is 0.862. The molecule has 2 aromatic rings. The number of rotatable bonds is 4. The van der Waals surface area contributed by atoms with Crippen LogP contribution < -0.4 is 19.3 Å². The number of hydrogen-bond donors (Lipinski definition) is 0. The molecule has 0 aliphatic carbocycles. The SMILES string of the molecule is COc1cc(OC)cc(N2CCCN(c3cccnn3)CC2)c1. The zero-order chi connectivity index (χ0) is 16.1. The van der Waals surface area contributed by atoms with Crippen LogP contribution in [0.2, 0.25) is 0 Å². The summed E-state index contributed by atoms with van der Waals surface area (Å²) in [5, 5.41) is 8.19. The Morgan fingerprint density at radius 1 is 0.913 bits per heavy atom. The highest BCUT2D eigenvalue weighted by molar-refractivity contribution is 5.56. The Hall–Kier alpha value is -2.50. The van der Waals surface area contributed by atoms with E-state index < -0.39 is 0 Å². The molecular weight excluding hydrogens is 292 g/mol. The minimum Gasteiger partial charge on any atom is -0.497 e. The number of benzene rings is 1. The van der Waals surface area contributed by atoms with Gasteiger partial charge in [0.15, 0.2) is 5.82 Å². The van der Waals surface area contributed by atoms with Crippen LogP contribution >= 0.6 is 0 Å². The normalized spacial score (nSPS) is 15.2. The fraction of sp³-hybridized carbons (Fsp3) is 0.412. The van der Waals surface area contributed by atoms with Gasteiger partial charge in [0, 0.05) is 56.3 Å². The molecule has 6 nitrogen and oxygen atoms in total. The Bertz CT molecular complexity index is 613. The number of nitrogens with zero attached hydrogens (tertiary/aromatic N) is 4. The standard InChI is InChI=1S/C17H22N4O2/c1-22-15-11-14(12-16(13-15)23-2)20-7-4-8-21(10-9-20)17-5-3-6-18-19-17/h3,5-6,11-13H,4,7-10H2,1-2H3. The van der Waals surface area contributed by atoms with Crippen molar-refractivity contribution in [2.75, 3.05) is 50.2 Å². The molecule has 122 valence electrons. The fourth-order valence-corrected chi connectivity index (χ4v) is 2.84. The molecule has 0 bridgehead atoms. The van der Waals surface area contributed by atoms with E-state index in [1.807, 2.05) is 18.2 Å². The summed E-state index contributed by atoms with van der Waals surface area (Å²) in [6.07, 6.45) is 2.77. The molecule has 1 saturated heterocycles. The lowest BCUT2D eigenvalue weighted by atomic mass is 10.2. The van der Waals surface area contributed by atoms with Gasteiger partial charge in [-0.25, -0.2) is 0 Å². The van der Waals surface area contributed by atoms with Gasteiger partial charge in [0.25, 0.3) is 0 Å². The molecule has 0 N–H and O–H groups in total. The van der Waals surface area contributed by atoms with Gasteiger partial charge in [0.05, 0.1) is 14.2 Å². The van der Waals surface area contributed by atoms with Crippen LogP contribution in [0.25, 0.3) is 0 Å². The second kappa shape index (κ2) is 7.17. The van der Waals surface area contributed by atoms with Crippen LogP contribution in [0.1, 0.15) is 6.42 Å². The van der Waals surface area contributed by atoms with E-state index in [1.165, 1.54) is 0 Å². The number of ether oxygens (including phenoxy) is 2. The third-order valence-electron chi connectivity index (χ3n) is 4.08. The Balaban J connectivity index is 1.75. The number of aromatic nitrogens is 2. The van der Waals surface area contributed by atoms with Crippen LogP contribution in [0.3, 0.4) is 0 Å². The van der Waals surface area contributed by atoms with Crippen molar-refractivity contribution in [3.05, 3.63) is 36.5 Å². The van der Waals surface area contributed by atoms with Gasteiger partial charge < -0.3 is 19.3 Å². The average molecular weight is 314 g/mol. The van der Waals surface area contributed by atoms with E-state index in [1.54, 1.807) is 20.4 Å². The minimum absolute atomic E-state index is 0.814. The van der Waals surface area contributed by atoms with Crippen molar-refractivity contribution in [1.29, 1.82) is 0 Å². The lowest BCUT2D eigenvalue weighted by Gasteiger charge is -2.24. The van der Waals surface area contributed by atoms with E-state index in [0.29, 0.717) is 0 Å². The molecule has 1 aliphatic heterocycles. The van der Waals surface area contributed by atoms with Gasteiger partial charge in [-0.2, -0.15) is 5.10 Å². The predicted molar refractivity (Wildman–Crippen MR) is 90.6 cm³/mol. The Morgan fingerprint density at radius 3 is 2.26 bits per heavy atom. The summed E-state index contributed by atoms with van der Waals surface area (Å²) in [6.45, 7) is 3.81. The third-order valence-corrected chi connectivity index (χ3v) is 4.08. The van der Waals surface area contributed by atoms with Crippen molar-refractivity contribution in [2.24, 2.45) is 0 Å². The van der Waals surface area contributed by atoms with E-state index in [2.05, 4.69) is 32.1 Å². The predicted octanol–water partition coefficient (Wildman–Crippen LogP) is 2.21. The molecule has 1 aliphatic rings. The highest BCUT2D eigenvalue weighted by Crippen LogP contribution is 2.29. The minimum atomic E-state index is 0.814. The molecule has 0 unspecified atom stereocenters. The molecule has 3 rings (SSSR count). The molecule has 0 atom stereocenters. The average Bonchev–Trinajstić information content (AvgIpc) is 2.88. The first-order valence-corrected chi connectivity index (χ1v) is 7.81. The molecule has 1 aromatic heterocycles. The molecule has 0 spiro atoms. The van der Waals surface area contributed by atoms with Crippen molar-refractivity contribution in [2.45, 2.75) is 6.42 Å². The van der Waals surface area contributed by atoms with Crippen molar-refractivity contribution in [3.8, 4) is 11.5 Å². The fourth-order valence-electron chi connectivity index (χ4n) is 2.84. The first-order chi connectivity index (χ1) is 11.3. The van der Waals surface area contributed by atoms with E-state index in [9.17, 15) is 0 Å². The van der Waals surface area contributed by atoms with Crippen LogP contribution in [0.4, 0.5) is 11.5 Å². The number of anilines is 2. The van der Waals surface area contributed by atoms with Gasteiger partial charge in [0.1, 0.15) is 11.5 Å². The Morgan fingerprint density at radius 2 is 1.61 bits per heavy atom. The maximum absolute atomic E-state index is 5.37. The first kappa shape index (κ1) is 15.4. The monoisotopic (exact) mass is 314 g/mol. The summed E-state index contributed by atoms with van der Waals surface area (Å²) in [5.41, 5.74) is 1.13. The van der Waals surface area contributed by atoms with Gasteiger partial charge in [-0.1, -0.05) is 0 Å². The second-order valence-electron chi connectivity index (χ2n) is 5.48.